The minimum absolute atomic E-state index is 0.116. The van der Waals surface area contributed by atoms with Crippen LogP contribution in [0, 0.1) is 5.92 Å². The van der Waals surface area contributed by atoms with E-state index < -0.39 is 36.0 Å². The molecule has 0 radical (unpaired) electrons. The number of urea groups is 1. The average Bonchev–Trinajstić information content (AvgIpc) is 3.33. The van der Waals surface area contributed by atoms with Crippen molar-refractivity contribution in [3.05, 3.63) is 40.4 Å². The SMILES string of the molecule is CC1CCC2(CC1)NC(=O)N(NC(=O)COC(=O)Cc1csc(-c3cccc(Cl)c3)n1)C2=O. The third-order valence-corrected chi connectivity index (χ3v) is 7.01. The summed E-state index contributed by atoms with van der Waals surface area (Å²) in [4.78, 5) is 53.7. The summed E-state index contributed by atoms with van der Waals surface area (Å²) in [7, 11) is 0. The van der Waals surface area contributed by atoms with Crippen LogP contribution in [0.2, 0.25) is 5.02 Å². The zero-order valence-electron chi connectivity index (χ0n) is 17.9. The van der Waals surface area contributed by atoms with Crippen molar-refractivity contribution in [3.8, 4) is 10.6 Å². The first-order valence-corrected chi connectivity index (χ1v) is 11.8. The molecule has 2 aliphatic rings. The zero-order valence-corrected chi connectivity index (χ0v) is 19.5. The Morgan fingerprint density at radius 3 is 2.82 bits per heavy atom. The minimum Gasteiger partial charge on any atom is -0.455 e. The summed E-state index contributed by atoms with van der Waals surface area (Å²) in [6, 6.07) is 6.54. The van der Waals surface area contributed by atoms with E-state index in [2.05, 4.69) is 22.7 Å². The number of amides is 4. The van der Waals surface area contributed by atoms with Crippen LogP contribution in [0.15, 0.2) is 29.6 Å². The first-order chi connectivity index (χ1) is 15.8. The highest BCUT2D eigenvalue weighted by Gasteiger charge is 2.52. The van der Waals surface area contributed by atoms with Crippen molar-refractivity contribution in [2.75, 3.05) is 6.61 Å². The number of ether oxygens (including phenoxy) is 1. The minimum atomic E-state index is -0.959. The van der Waals surface area contributed by atoms with Crippen molar-refractivity contribution in [2.24, 2.45) is 5.92 Å². The van der Waals surface area contributed by atoms with Gasteiger partial charge in [-0.1, -0.05) is 30.7 Å². The van der Waals surface area contributed by atoms with Crippen LogP contribution >= 0.6 is 22.9 Å². The van der Waals surface area contributed by atoms with Gasteiger partial charge in [0.15, 0.2) is 6.61 Å². The summed E-state index contributed by atoms with van der Waals surface area (Å²) in [5, 5.41) is 6.42. The largest absolute Gasteiger partial charge is 0.455 e. The standard InChI is InChI=1S/C22H23ClN4O5S/c1-13-5-7-22(8-6-13)20(30)27(21(31)25-22)26-17(28)11-32-18(29)10-16-12-33-19(24-16)14-3-2-4-15(23)9-14/h2-4,9,12-13H,5-8,10-11H2,1H3,(H,25,31)(H,26,28). The summed E-state index contributed by atoms with van der Waals surface area (Å²) in [6.45, 7) is 1.48. The van der Waals surface area contributed by atoms with Crippen molar-refractivity contribution in [1.29, 1.82) is 0 Å². The van der Waals surface area contributed by atoms with Crippen molar-refractivity contribution in [1.82, 2.24) is 20.7 Å². The number of aromatic nitrogens is 1. The predicted molar refractivity (Wildman–Crippen MR) is 121 cm³/mol. The summed E-state index contributed by atoms with van der Waals surface area (Å²) in [5.74, 6) is -1.41. The quantitative estimate of drug-likeness (QED) is 0.474. The number of rotatable bonds is 6. The lowest BCUT2D eigenvalue weighted by Crippen LogP contribution is -2.52. The zero-order chi connectivity index (χ0) is 23.6. The van der Waals surface area contributed by atoms with Crippen molar-refractivity contribution >= 4 is 46.8 Å². The highest BCUT2D eigenvalue weighted by Crippen LogP contribution is 2.35. The van der Waals surface area contributed by atoms with E-state index in [1.165, 1.54) is 11.3 Å². The third-order valence-electron chi connectivity index (χ3n) is 5.84. The van der Waals surface area contributed by atoms with E-state index in [1.54, 1.807) is 17.5 Å². The number of benzene rings is 1. The molecule has 2 fully saturated rings. The highest BCUT2D eigenvalue weighted by molar-refractivity contribution is 7.13. The lowest BCUT2D eigenvalue weighted by atomic mass is 9.77. The predicted octanol–water partition coefficient (Wildman–Crippen LogP) is 3.08. The van der Waals surface area contributed by atoms with Crippen LogP contribution in [0.25, 0.3) is 10.6 Å². The number of thiazole rings is 1. The number of hydrogen-bond donors (Lipinski definition) is 2. The summed E-state index contributed by atoms with van der Waals surface area (Å²) in [5.41, 5.74) is 2.62. The van der Waals surface area contributed by atoms with Crippen LogP contribution in [0.1, 0.15) is 38.3 Å². The van der Waals surface area contributed by atoms with Gasteiger partial charge in [-0.05, 0) is 43.7 Å². The Kier molecular flexibility index (Phi) is 6.66. The molecule has 1 aromatic carbocycles. The summed E-state index contributed by atoms with van der Waals surface area (Å²) < 4.78 is 5.00. The number of hydrogen-bond acceptors (Lipinski definition) is 7. The van der Waals surface area contributed by atoms with Crippen LogP contribution in [0.3, 0.4) is 0 Å². The van der Waals surface area contributed by atoms with E-state index in [1.807, 2.05) is 12.1 Å². The van der Waals surface area contributed by atoms with E-state index in [4.69, 9.17) is 16.3 Å². The molecule has 4 rings (SSSR count). The molecule has 1 aliphatic carbocycles. The molecule has 0 unspecified atom stereocenters. The Morgan fingerprint density at radius 2 is 2.09 bits per heavy atom. The molecule has 2 aromatic rings. The van der Waals surface area contributed by atoms with E-state index in [0.29, 0.717) is 39.5 Å². The second-order valence-corrected chi connectivity index (χ2v) is 9.66. The number of hydrazine groups is 1. The van der Waals surface area contributed by atoms with Crippen molar-refractivity contribution < 1.29 is 23.9 Å². The fourth-order valence-corrected chi connectivity index (χ4v) is 4.97. The molecule has 33 heavy (non-hydrogen) atoms. The molecule has 1 spiro atoms. The van der Waals surface area contributed by atoms with Crippen LogP contribution in [0.5, 0.6) is 0 Å². The molecule has 11 heteroatoms. The number of halogens is 1. The topological polar surface area (TPSA) is 118 Å². The maximum Gasteiger partial charge on any atom is 0.344 e. The molecule has 2 N–H and O–H groups in total. The summed E-state index contributed by atoms with van der Waals surface area (Å²) >= 11 is 7.36. The Labute approximate surface area is 199 Å². The Morgan fingerprint density at radius 1 is 1.33 bits per heavy atom. The van der Waals surface area contributed by atoms with Gasteiger partial charge in [-0.2, -0.15) is 5.01 Å². The normalized spacial score (nSPS) is 22.4. The monoisotopic (exact) mass is 490 g/mol. The van der Waals surface area contributed by atoms with Gasteiger partial charge in [-0.15, -0.1) is 11.3 Å². The Balaban J connectivity index is 1.27. The first kappa shape index (κ1) is 23.2. The second kappa shape index (κ2) is 9.48. The Bertz CT molecular complexity index is 1100. The maximum atomic E-state index is 12.8. The van der Waals surface area contributed by atoms with Crippen molar-refractivity contribution in [3.63, 3.8) is 0 Å². The number of carbonyl (C=O) groups excluding carboxylic acids is 4. The lowest BCUT2D eigenvalue weighted by Gasteiger charge is -2.33. The lowest BCUT2D eigenvalue weighted by molar-refractivity contribution is -0.150. The number of imide groups is 1. The smallest absolute Gasteiger partial charge is 0.344 e. The van der Waals surface area contributed by atoms with Gasteiger partial charge in [0.2, 0.25) is 0 Å². The van der Waals surface area contributed by atoms with Gasteiger partial charge in [0.05, 0.1) is 12.1 Å². The molecule has 1 aliphatic heterocycles. The van der Waals surface area contributed by atoms with Crippen molar-refractivity contribution in [2.45, 2.75) is 44.6 Å². The molecule has 9 nitrogen and oxygen atoms in total. The summed E-state index contributed by atoms with van der Waals surface area (Å²) in [6.07, 6.45) is 2.59. The molecular weight excluding hydrogens is 468 g/mol. The molecule has 2 heterocycles. The van der Waals surface area contributed by atoms with Gasteiger partial charge >= 0.3 is 12.0 Å². The molecule has 1 saturated carbocycles. The number of nitrogens with zero attached hydrogens (tertiary/aromatic N) is 2. The number of carbonyl (C=O) groups is 4. The molecule has 174 valence electrons. The molecule has 0 atom stereocenters. The molecular formula is C22H23ClN4O5S. The molecule has 0 bridgehead atoms. The van der Waals surface area contributed by atoms with Gasteiger partial charge in [-0.25, -0.2) is 9.78 Å². The van der Waals surface area contributed by atoms with Gasteiger partial charge in [0.1, 0.15) is 10.5 Å². The van der Waals surface area contributed by atoms with E-state index in [-0.39, 0.29) is 6.42 Å². The fraction of sp³-hybridized carbons (Fsp3) is 0.409. The molecule has 1 saturated heterocycles. The van der Waals surface area contributed by atoms with Gasteiger partial charge in [0, 0.05) is 16.0 Å². The van der Waals surface area contributed by atoms with Gasteiger partial charge in [-0.3, -0.25) is 19.8 Å². The second-order valence-electron chi connectivity index (χ2n) is 8.36. The highest BCUT2D eigenvalue weighted by atomic mass is 35.5. The van der Waals surface area contributed by atoms with E-state index in [9.17, 15) is 19.2 Å². The average molecular weight is 491 g/mol. The number of esters is 1. The van der Waals surface area contributed by atoms with Crippen LogP contribution < -0.4 is 10.7 Å². The molecule has 4 amide bonds. The van der Waals surface area contributed by atoms with E-state index in [0.717, 1.165) is 18.4 Å². The van der Waals surface area contributed by atoms with Crippen LogP contribution in [-0.2, 0) is 25.5 Å². The first-order valence-electron chi connectivity index (χ1n) is 10.6. The molecule has 1 aromatic heterocycles. The third kappa shape index (κ3) is 5.17. The fourth-order valence-electron chi connectivity index (χ4n) is 3.96. The number of nitrogens with one attached hydrogen (secondary N) is 2. The van der Waals surface area contributed by atoms with Crippen LogP contribution in [0.4, 0.5) is 4.79 Å². The Hall–Kier alpha value is -2.98. The maximum absolute atomic E-state index is 12.8. The van der Waals surface area contributed by atoms with E-state index >= 15 is 0 Å². The van der Waals surface area contributed by atoms with Gasteiger partial charge < -0.3 is 10.1 Å². The van der Waals surface area contributed by atoms with Crippen LogP contribution in [-0.4, -0.2) is 46.0 Å². The van der Waals surface area contributed by atoms with Gasteiger partial charge in [0.25, 0.3) is 11.8 Å².